The minimum Gasteiger partial charge on any atom is -0.376 e. The third-order valence-electron chi connectivity index (χ3n) is 3.41. The van der Waals surface area contributed by atoms with Crippen LogP contribution in [0.5, 0.6) is 0 Å². The van der Waals surface area contributed by atoms with E-state index >= 15 is 0 Å². The van der Waals surface area contributed by atoms with Crippen molar-refractivity contribution in [1.82, 2.24) is 0 Å². The summed E-state index contributed by atoms with van der Waals surface area (Å²) < 4.78 is 5.75. The molecule has 2 aromatic carbocycles. The van der Waals surface area contributed by atoms with Crippen LogP contribution in [0, 0.1) is 10.1 Å². The molecule has 0 unspecified atom stereocenters. The van der Waals surface area contributed by atoms with Gasteiger partial charge < -0.3 is 4.74 Å². The Morgan fingerprint density at radius 2 is 1.81 bits per heavy atom. The molecule has 0 spiro atoms. The number of hydrogen-bond acceptors (Lipinski definition) is 3. The van der Waals surface area contributed by atoms with Gasteiger partial charge in [-0.15, -0.1) is 0 Å². The Labute approximate surface area is 124 Å². The van der Waals surface area contributed by atoms with Crippen molar-refractivity contribution in [1.29, 1.82) is 0 Å². The molecule has 0 N–H and O–H groups in total. The molecule has 4 nitrogen and oxygen atoms in total. The molecule has 0 radical (unpaired) electrons. The molecule has 0 saturated heterocycles. The number of hydrogen-bond donors (Lipinski definition) is 0. The second kappa shape index (κ2) is 6.50. The van der Waals surface area contributed by atoms with Crippen molar-refractivity contribution in [2.75, 3.05) is 6.61 Å². The predicted molar refractivity (Wildman–Crippen MR) is 82.2 cm³/mol. The van der Waals surface area contributed by atoms with Crippen LogP contribution >= 0.6 is 0 Å². The molecular weight excluding hydrogens is 266 g/mol. The Morgan fingerprint density at radius 3 is 2.48 bits per heavy atom. The summed E-state index contributed by atoms with van der Waals surface area (Å²) in [4.78, 5) is 10.3. The minimum atomic E-state index is -0.391. The number of rotatable bonds is 6. The van der Waals surface area contributed by atoms with Gasteiger partial charge in [-0.05, 0) is 11.1 Å². The fraction of sp³-hybridized carbons (Fsp3) is 0.294. The molecule has 110 valence electrons. The molecule has 21 heavy (non-hydrogen) atoms. The molecule has 0 aromatic heterocycles. The Kier molecular flexibility index (Phi) is 4.70. The van der Waals surface area contributed by atoms with Crippen LogP contribution < -0.4 is 0 Å². The molecular formula is C17H19NO3. The van der Waals surface area contributed by atoms with Gasteiger partial charge in [0.25, 0.3) is 5.69 Å². The molecule has 0 bridgehead atoms. The molecule has 0 aliphatic rings. The number of nitrogens with zero attached hydrogens (tertiary/aromatic N) is 1. The summed E-state index contributed by atoms with van der Waals surface area (Å²) in [6, 6.07) is 16.7. The van der Waals surface area contributed by atoms with Crippen LogP contribution in [0.15, 0.2) is 54.6 Å². The average Bonchev–Trinajstić information content (AvgIpc) is 2.48. The highest BCUT2D eigenvalue weighted by atomic mass is 16.6. The highest BCUT2D eigenvalue weighted by Crippen LogP contribution is 2.23. The molecule has 0 saturated carbocycles. The van der Waals surface area contributed by atoms with Crippen LogP contribution in [-0.2, 0) is 16.8 Å². The van der Waals surface area contributed by atoms with E-state index in [4.69, 9.17) is 4.74 Å². The van der Waals surface area contributed by atoms with Gasteiger partial charge in [-0.25, -0.2) is 0 Å². The average molecular weight is 285 g/mol. The standard InChI is InChI=1S/C17H19NO3/c1-17(2,15-8-4-3-5-9-15)13-21-12-14-7-6-10-16(11-14)18(19)20/h3-11H,12-13H2,1-2H3. The molecule has 0 fully saturated rings. The van der Waals surface area contributed by atoms with Crippen molar-refractivity contribution >= 4 is 5.69 Å². The maximum Gasteiger partial charge on any atom is 0.269 e. The SMILES string of the molecule is CC(C)(COCc1cccc([N+](=O)[O-])c1)c1ccccc1. The normalized spacial score (nSPS) is 11.3. The van der Waals surface area contributed by atoms with Gasteiger partial charge in [-0.2, -0.15) is 0 Å². The second-order valence-corrected chi connectivity index (χ2v) is 5.67. The molecule has 2 rings (SSSR count). The quantitative estimate of drug-likeness (QED) is 0.593. The predicted octanol–water partition coefficient (Wildman–Crippen LogP) is 4.09. The van der Waals surface area contributed by atoms with E-state index in [0.717, 1.165) is 5.56 Å². The maximum atomic E-state index is 10.7. The van der Waals surface area contributed by atoms with Gasteiger partial charge in [0.1, 0.15) is 0 Å². The van der Waals surface area contributed by atoms with Gasteiger partial charge in [0.2, 0.25) is 0 Å². The van der Waals surface area contributed by atoms with E-state index in [9.17, 15) is 10.1 Å². The number of nitro groups is 1. The van der Waals surface area contributed by atoms with E-state index in [1.165, 1.54) is 11.6 Å². The molecule has 0 aliphatic heterocycles. The molecule has 0 atom stereocenters. The van der Waals surface area contributed by atoms with E-state index in [1.54, 1.807) is 12.1 Å². The number of non-ortho nitro benzene ring substituents is 1. The highest BCUT2D eigenvalue weighted by molar-refractivity contribution is 5.33. The topological polar surface area (TPSA) is 52.4 Å². The van der Waals surface area contributed by atoms with Crippen LogP contribution in [0.2, 0.25) is 0 Å². The summed E-state index contributed by atoms with van der Waals surface area (Å²) in [5, 5.41) is 10.7. The van der Waals surface area contributed by atoms with Gasteiger partial charge in [-0.1, -0.05) is 56.3 Å². The van der Waals surface area contributed by atoms with Crippen molar-refractivity contribution in [2.45, 2.75) is 25.9 Å². The molecule has 0 heterocycles. The van der Waals surface area contributed by atoms with Crippen LogP contribution in [0.25, 0.3) is 0 Å². The number of benzene rings is 2. The third-order valence-corrected chi connectivity index (χ3v) is 3.41. The molecule has 0 aliphatic carbocycles. The highest BCUT2D eigenvalue weighted by Gasteiger charge is 2.20. The van der Waals surface area contributed by atoms with E-state index < -0.39 is 4.92 Å². The van der Waals surface area contributed by atoms with E-state index in [-0.39, 0.29) is 11.1 Å². The third kappa shape index (κ3) is 4.13. The largest absolute Gasteiger partial charge is 0.376 e. The number of nitro benzene ring substituents is 1. The van der Waals surface area contributed by atoms with Gasteiger partial charge in [0.15, 0.2) is 0 Å². The molecule has 2 aromatic rings. The summed E-state index contributed by atoms with van der Waals surface area (Å²) in [7, 11) is 0. The fourth-order valence-corrected chi connectivity index (χ4v) is 2.16. The Bertz CT molecular complexity index is 608. The smallest absolute Gasteiger partial charge is 0.269 e. The summed E-state index contributed by atoms with van der Waals surface area (Å²) >= 11 is 0. The zero-order chi connectivity index (χ0) is 15.3. The zero-order valence-electron chi connectivity index (χ0n) is 12.3. The summed E-state index contributed by atoms with van der Waals surface area (Å²) in [5.74, 6) is 0. The first kappa shape index (κ1) is 15.2. The van der Waals surface area contributed by atoms with Gasteiger partial charge in [0.05, 0.1) is 18.1 Å². The second-order valence-electron chi connectivity index (χ2n) is 5.67. The first-order valence-corrected chi connectivity index (χ1v) is 6.86. The van der Waals surface area contributed by atoms with E-state index in [1.807, 2.05) is 24.3 Å². The Balaban J connectivity index is 1.95. The first-order chi connectivity index (χ1) is 9.99. The van der Waals surface area contributed by atoms with Gasteiger partial charge >= 0.3 is 0 Å². The lowest BCUT2D eigenvalue weighted by atomic mass is 9.86. The fourth-order valence-electron chi connectivity index (χ4n) is 2.16. The van der Waals surface area contributed by atoms with E-state index in [0.29, 0.717) is 13.2 Å². The molecule has 4 heteroatoms. The molecule has 0 amide bonds. The lowest BCUT2D eigenvalue weighted by Crippen LogP contribution is -2.24. The summed E-state index contributed by atoms with van der Waals surface area (Å²) in [5.41, 5.74) is 2.03. The van der Waals surface area contributed by atoms with Crippen molar-refractivity contribution < 1.29 is 9.66 Å². The van der Waals surface area contributed by atoms with Crippen LogP contribution in [0.1, 0.15) is 25.0 Å². The number of ether oxygens (including phenoxy) is 1. The van der Waals surface area contributed by atoms with Crippen molar-refractivity contribution in [3.63, 3.8) is 0 Å². The van der Waals surface area contributed by atoms with Crippen LogP contribution in [0.4, 0.5) is 5.69 Å². The lowest BCUT2D eigenvalue weighted by Gasteiger charge is -2.25. The lowest BCUT2D eigenvalue weighted by molar-refractivity contribution is -0.384. The summed E-state index contributed by atoms with van der Waals surface area (Å²) in [6.45, 7) is 5.17. The van der Waals surface area contributed by atoms with Crippen LogP contribution in [0.3, 0.4) is 0 Å². The summed E-state index contributed by atoms with van der Waals surface area (Å²) in [6.07, 6.45) is 0. The van der Waals surface area contributed by atoms with E-state index in [2.05, 4.69) is 26.0 Å². The minimum absolute atomic E-state index is 0.0953. The monoisotopic (exact) mass is 285 g/mol. The van der Waals surface area contributed by atoms with Crippen LogP contribution in [-0.4, -0.2) is 11.5 Å². The van der Waals surface area contributed by atoms with Crippen molar-refractivity contribution in [3.05, 3.63) is 75.8 Å². The zero-order valence-corrected chi connectivity index (χ0v) is 12.3. The first-order valence-electron chi connectivity index (χ1n) is 6.86. The van der Waals surface area contributed by atoms with Gasteiger partial charge in [0, 0.05) is 17.5 Å². The van der Waals surface area contributed by atoms with Crippen molar-refractivity contribution in [3.8, 4) is 0 Å². The Hall–Kier alpha value is -2.20. The van der Waals surface area contributed by atoms with Gasteiger partial charge in [-0.3, -0.25) is 10.1 Å². The Morgan fingerprint density at radius 1 is 1.10 bits per heavy atom. The maximum absolute atomic E-state index is 10.7. The van der Waals surface area contributed by atoms with Crippen molar-refractivity contribution in [2.24, 2.45) is 0 Å².